The quantitative estimate of drug-likeness (QED) is 0.916. The van der Waals surface area contributed by atoms with Crippen molar-refractivity contribution in [3.05, 3.63) is 17.1 Å². The third-order valence-electron chi connectivity index (χ3n) is 4.47. The second kappa shape index (κ2) is 5.04. The summed E-state index contributed by atoms with van der Waals surface area (Å²) in [6.07, 6.45) is 3.80. The molecular formula is C15H21N3O2. The van der Waals surface area contributed by atoms with Gasteiger partial charge in [0.05, 0.1) is 5.92 Å². The van der Waals surface area contributed by atoms with E-state index in [2.05, 4.69) is 16.8 Å². The van der Waals surface area contributed by atoms with Gasteiger partial charge in [0.15, 0.2) is 0 Å². The van der Waals surface area contributed by atoms with Crippen molar-refractivity contribution in [1.82, 2.24) is 9.97 Å². The van der Waals surface area contributed by atoms with Crippen LogP contribution in [0.4, 0.5) is 5.82 Å². The Hall–Kier alpha value is -1.65. The Balaban J connectivity index is 1.81. The maximum atomic E-state index is 11.0. The zero-order valence-electron chi connectivity index (χ0n) is 12.1. The van der Waals surface area contributed by atoms with Crippen molar-refractivity contribution < 1.29 is 9.90 Å². The molecule has 108 valence electrons. The number of aryl methyl sites for hydroxylation is 1. The summed E-state index contributed by atoms with van der Waals surface area (Å²) in [5.41, 5.74) is 2.18. The van der Waals surface area contributed by atoms with Crippen molar-refractivity contribution in [3.63, 3.8) is 0 Å². The Labute approximate surface area is 119 Å². The summed E-state index contributed by atoms with van der Waals surface area (Å²) in [6, 6.07) is 0. The fourth-order valence-corrected chi connectivity index (χ4v) is 2.81. The van der Waals surface area contributed by atoms with E-state index in [9.17, 15) is 4.79 Å². The molecule has 3 rings (SSSR count). The van der Waals surface area contributed by atoms with Crippen LogP contribution in [0.25, 0.3) is 0 Å². The molecule has 0 unspecified atom stereocenters. The van der Waals surface area contributed by atoms with Gasteiger partial charge >= 0.3 is 5.97 Å². The maximum absolute atomic E-state index is 11.0. The molecule has 0 aromatic carbocycles. The van der Waals surface area contributed by atoms with E-state index in [1.807, 2.05) is 6.92 Å². The van der Waals surface area contributed by atoms with Crippen LogP contribution in [0.3, 0.4) is 0 Å². The fourth-order valence-electron chi connectivity index (χ4n) is 2.81. The minimum absolute atomic E-state index is 0.197. The van der Waals surface area contributed by atoms with Crippen LogP contribution in [0.15, 0.2) is 0 Å². The minimum atomic E-state index is -0.668. The van der Waals surface area contributed by atoms with Gasteiger partial charge in [-0.2, -0.15) is 0 Å². The molecule has 0 radical (unpaired) electrons. The summed E-state index contributed by atoms with van der Waals surface area (Å²) in [6.45, 7) is 5.65. The SMILES string of the molecule is Cc1nc(C2CC2)nc(N2CCC(C(=O)O)CC2)c1C. The van der Waals surface area contributed by atoms with E-state index >= 15 is 0 Å². The van der Waals surface area contributed by atoms with Gasteiger partial charge in [-0.15, -0.1) is 0 Å². The molecule has 2 heterocycles. The molecule has 5 nitrogen and oxygen atoms in total. The summed E-state index contributed by atoms with van der Waals surface area (Å²) in [5, 5.41) is 9.07. The Bertz CT molecular complexity index is 532. The third kappa shape index (κ3) is 2.49. The van der Waals surface area contributed by atoms with Gasteiger partial charge in [-0.05, 0) is 39.5 Å². The molecule has 1 saturated heterocycles. The lowest BCUT2D eigenvalue weighted by atomic mass is 9.97. The Kier molecular flexibility index (Phi) is 3.36. The summed E-state index contributed by atoms with van der Waals surface area (Å²) in [4.78, 5) is 22.6. The van der Waals surface area contributed by atoms with E-state index in [0.717, 1.165) is 36.0 Å². The van der Waals surface area contributed by atoms with Gasteiger partial charge in [-0.3, -0.25) is 4.79 Å². The Morgan fingerprint density at radius 1 is 1.15 bits per heavy atom. The van der Waals surface area contributed by atoms with Crippen LogP contribution < -0.4 is 4.90 Å². The van der Waals surface area contributed by atoms with Crippen molar-refractivity contribution in [2.24, 2.45) is 5.92 Å². The number of piperidine rings is 1. The number of carboxylic acid groups (broad SMARTS) is 1. The largest absolute Gasteiger partial charge is 0.481 e. The van der Waals surface area contributed by atoms with Crippen LogP contribution in [0.5, 0.6) is 0 Å². The average Bonchev–Trinajstić information content (AvgIpc) is 3.26. The Morgan fingerprint density at radius 2 is 1.80 bits per heavy atom. The third-order valence-corrected chi connectivity index (χ3v) is 4.47. The average molecular weight is 275 g/mol. The number of nitrogens with zero attached hydrogens (tertiary/aromatic N) is 3. The molecule has 0 atom stereocenters. The smallest absolute Gasteiger partial charge is 0.306 e. The van der Waals surface area contributed by atoms with Crippen LogP contribution in [-0.4, -0.2) is 34.1 Å². The van der Waals surface area contributed by atoms with E-state index in [0.29, 0.717) is 18.8 Å². The lowest BCUT2D eigenvalue weighted by Crippen LogP contribution is -2.37. The second-order valence-electron chi connectivity index (χ2n) is 5.99. The van der Waals surface area contributed by atoms with Crippen LogP contribution in [0, 0.1) is 19.8 Å². The minimum Gasteiger partial charge on any atom is -0.481 e. The molecule has 1 aliphatic carbocycles. The van der Waals surface area contributed by atoms with Gasteiger partial charge < -0.3 is 10.0 Å². The van der Waals surface area contributed by atoms with E-state index in [1.54, 1.807) is 0 Å². The molecule has 0 bridgehead atoms. The van der Waals surface area contributed by atoms with Crippen LogP contribution in [0.1, 0.15) is 48.7 Å². The predicted molar refractivity (Wildman–Crippen MR) is 76.1 cm³/mol. The molecule has 2 fully saturated rings. The van der Waals surface area contributed by atoms with E-state index in [-0.39, 0.29) is 5.92 Å². The predicted octanol–water partition coefficient (Wildman–Crippen LogP) is 2.27. The maximum Gasteiger partial charge on any atom is 0.306 e. The molecule has 20 heavy (non-hydrogen) atoms. The first-order valence-corrected chi connectivity index (χ1v) is 7.39. The lowest BCUT2D eigenvalue weighted by Gasteiger charge is -2.32. The van der Waals surface area contributed by atoms with Gasteiger partial charge in [0.2, 0.25) is 0 Å². The molecule has 2 aliphatic rings. The summed E-state index contributed by atoms with van der Waals surface area (Å²) in [7, 11) is 0. The molecule has 1 aromatic heterocycles. The normalized spacial score (nSPS) is 20.2. The van der Waals surface area contributed by atoms with E-state index < -0.39 is 5.97 Å². The lowest BCUT2D eigenvalue weighted by molar-refractivity contribution is -0.142. The summed E-state index contributed by atoms with van der Waals surface area (Å²) < 4.78 is 0. The van der Waals surface area contributed by atoms with Crippen molar-refractivity contribution in [1.29, 1.82) is 0 Å². The van der Waals surface area contributed by atoms with Gasteiger partial charge in [-0.25, -0.2) is 9.97 Å². The summed E-state index contributed by atoms with van der Waals surface area (Å²) >= 11 is 0. The summed E-state index contributed by atoms with van der Waals surface area (Å²) in [5.74, 6) is 1.67. The number of anilines is 1. The number of hydrogen-bond donors (Lipinski definition) is 1. The second-order valence-corrected chi connectivity index (χ2v) is 5.99. The first-order valence-electron chi connectivity index (χ1n) is 7.39. The van der Waals surface area contributed by atoms with E-state index in [1.165, 1.54) is 12.8 Å². The molecule has 0 amide bonds. The number of rotatable bonds is 3. The number of aliphatic carboxylic acids is 1. The van der Waals surface area contributed by atoms with Gasteiger partial charge in [0.25, 0.3) is 0 Å². The van der Waals surface area contributed by atoms with Crippen molar-refractivity contribution in [2.45, 2.75) is 45.4 Å². The van der Waals surface area contributed by atoms with Crippen LogP contribution >= 0.6 is 0 Å². The molecule has 0 spiro atoms. The van der Waals surface area contributed by atoms with Crippen LogP contribution in [-0.2, 0) is 4.79 Å². The van der Waals surface area contributed by atoms with E-state index in [4.69, 9.17) is 10.1 Å². The van der Waals surface area contributed by atoms with Crippen LogP contribution in [0.2, 0.25) is 0 Å². The number of carboxylic acids is 1. The number of carbonyl (C=O) groups is 1. The highest BCUT2D eigenvalue weighted by atomic mass is 16.4. The topological polar surface area (TPSA) is 66.3 Å². The Morgan fingerprint density at radius 3 is 2.35 bits per heavy atom. The zero-order chi connectivity index (χ0) is 14.3. The molecular weight excluding hydrogens is 254 g/mol. The van der Waals surface area contributed by atoms with Crippen molar-refractivity contribution in [3.8, 4) is 0 Å². The number of hydrogen-bond acceptors (Lipinski definition) is 4. The molecule has 1 aromatic rings. The highest BCUT2D eigenvalue weighted by Gasteiger charge is 2.30. The monoisotopic (exact) mass is 275 g/mol. The first kappa shape index (κ1) is 13.3. The highest BCUT2D eigenvalue weighted by Crippen LogP contribution is 2.39. The van der Waals surface area contributed by atoms with Crippen molar-refractivity contribution in [2.75, 3.05) is 18.0 Å². The van der Waals surface area contributed by atoms with Gasteiger partial charge in [-0.1, -0.05) is 0 Å². The van der Waals surface area contributed by atoms with Gasteiger partial charge in [0.1, 0.15) is 11.6 Å². The number of aromatic nitrogens is 2. The fraction of sp³-hybridized carbons (Fsp3) is 0.667. The first-order chi connectivity index (χ1) is 9.56. The molecule has 1 saturated carbocycles. The van der Waals surface area contributed by atoms with Crippen molar-refractivity contribution >= 4 is 11.8 Å². The molecule has 5 heteroatoms. The standard InChI is InChI=1S/C15H21N3O2/c1-9-10(2)16-13(11-3-4-11)17-14(9)18-7-5-12(6-8-18)15(19)20/h11-12H,3-8H2,1-2H3,(H,19,20). The highest BCUT2D eigenvalue weighted by molar-refractivity contribution is 5.70. The molecule has 1 aliphatic heterocycles. The van der Waals surface area contributed by atoms with Gasteiger partial charge in [0, 0.05) is 30.3 Å². The molecule has 1 N–H and O–H groups in total. The zero-order valence-corrected chi connectivity index (χ0v) is 12.1.